The van der Waals surface area contributed by atoms with E-state index in [1.165, 1.54) is 0 Å². The third kappa shape index (κ3) is 6.26. The number of amides is 3. The van der Waals surface area contributed by atoms with Crippen molar-refractivity contribution < 1.29 is 14.4 Å². The highest BCUT2D eigenvalue weighted by Gasteiger charge is 2.11. The molecule has 0 unspecified atom stereocenters. The van der Waals surface area contributed by atoms with Crippen molar-refractivity contribution in [1.82, 2.24) is 10.6 Å². The van der Waals surface area contributed by atoms with Crippen LogP contribution in [0.2, 0.25) is 0 Å². The molecule has 0 bridgehead atoms. The first-order chi connectivity index (χ1) is 12.9. The lowest BCUT2D eigenvalue weighted by molar-refractivity contribution is -0.123. The van der Waals surface area contributed by atoms with Gasteiger partial charge in [0.2, 0.25) is 11.8 Å². The normalized spacial score (nSPS) is 10.2. The number of benzene rings is 2. The summed E-state index contributed by atoms with van der Waals surface area (Å²) in [6.45, 7) is 5.48. The predicted octanol–water partition coefficient (Wildman–Crippen LogP) is 2.35. The largest absolute Gasteiger partial charge is 0.345 e. The average Bonchev–Trinajstić information content (AvgIpc) is 2.64. The number of anilines is 1. The number of hydrogen-bond donors (Lipinski definition) is 3. The van der Waals surface area contributed by atoms with E-state index < -0.39 is 5.91 Å². The monoisotopic (exact) mass is 367 g/mol. The van der Waals surface area contributed by atoms with Gasteiger partial charge in [0.1, 0.15) is 0 Å². The van der Waals surface area contributed by atoms with Crippen LogP contribution in [-0.2, 0) is 16.0 Å². The van der Waals surface area contributed by atoms with Crippen molar-refractivity contribution in [2.75, 3.05) is 18.4 Å². The van der Waals surface area contributed by atoms with Crippen molar-refractivity contribution in [1.29, 1.82) is 0 Å². The standard InChI is InChI=1S/C21H25N3O3/c1-4-16-7-5-6-8-18(16)24-20(26)13-22-19(25)12-23-21(27)17-10-14(2)9-15(3)11-17/h5-11H,4,12-13H2,1-3H3,(H,22,25)(H,23,27)(H,24,26). The van der Waals surface area contributed by atoms with Gasteiger partial charge in [-0.15, -0.1) is 0 Å². The van der Waals surface area contributed by atoms with Gasteiger partial charge in [-0.3, -0.25) is 14.4 Å². The van der Waals surface area contributed by atoms with E-state index in [0.717, 1.165) is 28.8 Å². The summed E-state index contributed by atoms with van der Waals surface area (Å²) in [6.07, 6.45) is 0.799. The maximum Gasteiger partial charge on any atom is 0.251 e. The first-order valence-electron chi connectivity index (χ1n) is 8.90. The molecule has 142 valence electrons. The molecule has 3 amide bonds. The van der Waals surface area contributed by atoms with E-state index in [4.69, 9.17) is 0 Å². The number of para-hydroxylation sites is 1. The average molecular weight is 367 g/mol. The SMILES string of the molecule is CCc1ccccc1NC(=O)CNC(=O)CNC(=O)c1cc(C)cc(C)c1. The lowest BCUT2D eigenvalue weighted by Crippen LogP contribution is -2.40. The molecule has 0 fully saturated rings. The summed E-state index contributed by atoms with van der Waals surface area (Å²) >= 11 is 0. The fraction of sp³-hybridized carbons (Fsp3) is 0.286. The van der Waals surface area contributed by atoms with Gasteiger partial charge in [-0.05, 0) is 44.0 Å². The summed E-state index contributed by atoms with van der Waals surface area (Å²) in [6, 6.07) is 13.0. The van der Waals surface area contributed by atoms with Crippen LogP contribution >= 0.6 is 0 Å². The van der Waals surface area contributed by atoms with Crippen LogP contribution in [-0.4, -0.2) is 30.8 Å². The van der Waals surface area contributed by atoms with E-state index in [-0.39, 0.29) is 24.9 Å². The third-order valence-corrected chi connectivity index (χ3v) is 4.01. The minimum Gasteiger partial charge on any atom is -0.345 e. The summed E-state index contributed by atoms with van der Waals surface area (Å²) in [7, 11) is 0. The van der Waals surface area contributed by atoms with Gasteiger partial charge >= 0.3 is 0 Å². The zero-order chi connectivity index (χ0) is 19.8. The molecule has 0 saturated carbocycles. The van der Waals surface area contributed by atoms with Crippen LogP contribution in [0.25, 0.3) is 0 Å². The highest BCUT2D eigenvalue weighted by molar-refractivity contribution is 5.98. The molecule has 3 N–H and O–H groups in total. The Morgan fingerprint density at radius 1 is 0.852 bits per heavy atom. The van der Waals surface area contributed by atoms with E-state index in [1.54, 1.807) is 12.1 Å². The fourth-order valence-corrected chi connectivity index (χ4v) is 2.75. The quantitative estimate of drug-likeness (QED) is 0.702. The number of hydrogen-bond acceptors (Lipinski definition) is 3. The molecule has 0 saturated heterocycles. The van der Waals surface area contributed by atoms with Crippen LogP contribution in [0.4, 0.5) is 5.69 Å². The summed E-state index contributed by atoms with van der Waals surface area (Å²) in [4.78, 5) is 36.0. The minimum absolute atomic E-state index is 0.156. The maximum atomic E-state index is 12.1. The van der Waals surface area contributed by atoms with Crippen LogP contribution in [0.3, 0.4) is 0 Å². The molecule has 2 aromatic rings. The Balaban J connectivity index is 1.78. The molecule has 2 aromatic carbocycles. The first-order valence-corrected chi connectivity index (χ1v) is 8.90. The van der Waals surface area contributed by atoms with E-state index in [1.807, 2.05) is 51.1 Å². The highest BCUT2D eigenvalue weighted by Crippen LogP contribution is 2.14. The van der Waals surface area contributed by atoms with Crippen molar-refractivity contribution in [3.05, 3.63) is 64.7 Å². The van der Waals surface area contributed by atoms with Gasteiger partial charge < -0.3 is 16.0 Å². The Labute approximate surface area is 159 Å². The molecule has 0 aliphatic heterocycles. The van der Waals surface area contributed by atoms with Gasteiger partial charge in [0.15, 0.2) is 0 Å². The molecule has 0 heterocycles. The smallest absolute Gasteiger partial charge is 0.251 e. The van der Waals surface area contributed by atoms with Gasteiger partial charge in [0.05, 0.1) is 13.1 Å². The Morgan fingerprint density at radius 3 is 2.15 bits per heavy atom. The molecule has 0 radical (unpaired) electrons. The van der Waals surface area contributed by atoms with E-state index in [2.05, 4.69) is 16.0 Å². The van der Waals surface area contributed by atoms with Gasteiger partial charge in [-0.1, -0.05) is 42.3 Å². The lowest BCUT2D eigenvalue weighted by Gasteiger charge is -2.11. The van der Waals surface area contributed by atoms with Crippen molar-refractivity contribution in [3.8, 4) is 0 Å². The lowest BCUT2D eigenvalue weighted by atomic mass is 10.1. The Kier molecular flexibility index (Phi) is 7.11. The van der Waals surface area contributed by atoms with Crippen LogP contribution in [0.1, 0.15) is 34.0 Å². The number of nitrogens with one attached hydrogen (secondary N) is 3. The second-order valence-corrected chi connectivity index (χ2v) is 6.39. The molecule has 0 spiro atoms. The van der Waals surface area contributed by atoms with Gasteiger partial charge in [0.25, 0.3) is 5.91 Å². The molecular weight excluding hydrogens is 342 g/mol. The molecule has 0 aromatic heterocycles. The van der Waals surface area contributed by atoms with Gasteiger partial charge in [0, 0.05) is 11.3 Å². The molecule has 2 rings (SSSR count). The Morgan fingerprint density at radius 2 is 1.48 bits per heavy atom. The molecule has 27 heavy (non-hydrogen) atoms. The van der Waals surface area contributed by atoms with Crippen molar-refractivity contribution in [3.63, 3.8) is 0 Å². The fourth-order valence-electron chi connectivity index (χ4n) is 2.75. The zero-order valence-corrected chi connectivity index (χ0v) is 15.9. The highest BCUT2D eigenvalue weighted by atomic mass is 16.2. The van der Waals surface area contributed by atoms with Crippen LogP contribution < -0.4 is 16.0 Å². The van der Waals surface area contributed by atoms with Crippen molar-refractivity contribution >= 4 is 23.4 Å². The maximum absolute atomic E-state index is 12.1. The van der Waals surface area contributed by atoms with E-state index >= 15 is 0 Å². The summed E-state index contributed by atoms with van der Waals surface area (Å²) in [5, 5.41) is 7.85. The molecule has 6 heteroatoms. The van der Waals surface area contributed by atoms with Crippen LogP contribution in [0.5, 0.6) is 0 Å². The number of carbonyl (C=O) groups excluding carboxylic acids is 3. The van der Waals surface area contributed by atoms with Crippen molar-refractivity contribution in [2.45, 2.75) is 27.2 Å². The Hall–Kier alpha value is -3.15. The second kappa shape index (κ2) is 9.52. The summed E-state index contributed by atoms with van der Waals surface area (Å²) in [5.41, 5.74) is 4.23. The summed E-state index contributed by atoms with van der Waals surface area (Å²) in [5.74, 6) is -1.06. The molecule has 0 atom stereocenters. The van der Waals surface area contributed by atoms with Crippen LogP contribution in [0.15, 0.2) is 42.5 Å². The molecule has 0 aliphatic carbocycles. The van der Waals surface area contributed by atoms with Crippen LogP contribution in [0, 0.1) is 13.8 Å². The number of rotatable bonds is 7. The van der Waals surface area contributed by atoms with Gasteiger partial charge in [-0.25, -0.2) is 0 Å². The zero-order valence-electron chi connectivity index (χ0n) is 15.9. The number of carbonyl (C=O) groups is 3. The molecule has 6 nitrogen and oxygen atoms in total. The third-order valence-electron chi connectivity index (χ3n) is 4.01. The molecular formula is C21H25N3O3. The predicted molar refractivity (Wildman–Crippen MR) is 106 cm³/mol. The first kappa shape index (κ1) is 20.2. The van der Waals surface area contributed by atoms with E-state index in [9.17, 15) is 14.4 Å². The summed E-state index contributed by atoms with van der Waals surface area (Å²) < 4.78 is 0. The van der Waals surface area contributed by atoms with Crippen molar-refractivity contribution in [2.24, 2.45) is 0 Å². The molecule has 0 aliphatic rings. The number of aryl methyl sites for hydroxylation is 3. The topological polar surface area (TPSA) is 87.3 Å². The minimum atomic E-state index is -0.424. The van der Waals surface area contributed by atoms with E-state index in [0.29, 0.717) is 5.56 Å². The van der Waals surface area contributed by atoms with Gasteiger partial charge in [-0.2, -0.15) is 0 Å². The Bertz CT molecular complexity index is 826. The second-order valence-electron chi connectivity index (χ2n) is 6.39.